The minimum absolute atomic E-state index is 0.0476. The van der Waals surface area contributed by atoms with Crippen LogP contribution in [-0.2, 0) is 17.6 Å². The largest absolute Gasteiger partial charge is 0.375 e. The van der Waals surface area contributed by atoms with Gasteiger partial charge < -0.3 is 16.0 Å². The monoisotopic (exact) mass is 314 g/mol. The molecule has 3 aromatic rings. The number of carbonyl (C=O) groups is 1. The van der Waals surface area contributed by atoms with Gasteiger partial charge in [-0.1, -0.05) is 18.2 Å². The quantitative estimate of drug-likeness (QED) is 0.653. The van der Waals surface area contributed by atoms with Crippen LogP contribution >= 0.6 is 11.3 Å². The molecule has 1 aromatic carbocycles. The fourth-order valence-corrected chi connectivity index (χ4v) is 3.04. The summed E-state index contributed by atoms with van der Waals surface area (Å²) in [5.41, 5.74) is 8.81. The normalized spacial score (nSPS) is 10.9. The van der Waals surface area contributed by atoms with Crippen LogP contribution in [0.4, 0.5) is 5.13 Å². The Morgan fingerprint density at radius 2 is 2.18 bits per heavy atom. The van der Waals surface area contributed by atoms with Crippen LogP contribution in [0.5, 0.6) is 0 Å². The molecular weight excluding hydrogens is 296 g/mol. The minimum atomic E-state index is 0.0476. The highest BCUT2D eigenvalue weighted by molar-refractivity contribution is 7.13. The highest BCUT2D eigenvalue weighted by Gasteiger charge is 2.06. The number of amides is 1. The number of carbonyl (C=O) groups excluding carboxylic acids is 1. The van der Waals surface area contributed by atoms with Gasteiger partial charge in [0.1, 0.15) is 0 Å². The maximum Gasteiger partial charge on any atom is 0.220 e. The molecule has 0 aliphatic rings. The van der Waals surface area contributed by atoms with Crippen LogP contribution in [0.1, 0.15) is 17.7 Å². The first-order chi connectivity index (χ1) is 10.7. The van der Waals surface area contributed by atoms with E-state index in [0.29, 0.717) is 24.5 Å². The van der Waals surface area contributed by atoms with Crippen molar-refractivity contribution in [1.29, 1.82) is 0 Å². The van der Waals surface area contributed by atoms with Crippen LogP contribution in [0.15, 0.2) is 35.8 Å². The van der Waals surface area contributed by atoms with Crippen LogP contribution in [-0.4, -0.2) is 22.4 Å². The Morgan fingerprint density at radius 1 is 1.32 bits per heavy atom. The highest BCUT2D eigenvalue weighted by Crippen LogP contribution is 2.17. The number of aryl methyl sites for hydroxylation is 1. The molecule has 0 aliphatic heterocycles. The smallest absolute Gasteiger partial charge is 0.220 e. The molecule has 4 N–H and O–H groups in total. The molecule has 3 rings (SSSR count). The van der Waals surface area contributed by atoms with Gasteiger partial charge >= 0.3 is 0 Å². The molecule has 6 heteroatoms. The number of nitrogens with one attached hydrogen (secondary N) is 2. The van der Waals surface area contributed by atoms with Gasteiger partial charge in [0, 0.05) is 35.4 Å². The molecule has 0 aliphatic carbocycles. The number of aromatic nitrogens is 2. The summed E-state index contributed by atoms with van der Waals surface area (Å²) in [5.74, 6) is 0.0476. The van der Waals surface area contributed by atoms with E-state index >= 15 is 0 Å². The summed E-state index contributed by atoms with van der Waals surface area (Å²) >= 11 is 1.40. The Labute approximate surface area is 132 Å². The van der Waals surface area contributed by atoms with Crippen molar-refractivity contribution >= 4 is 33.3 Å². The van der Waals surface area contributed by atoms with E-state index in [4.69, 9.17) is 5.73 Å². The maximum absolute atomic E-state index is 11.8. The molecule has 22 heavy (non-hydrogen) atoms. The lowest BCUT2D eigenvalue weighted by Crippen LogP contribution is -2.25. The van der Waals surface area contributed by atoms with Gasteiger partial charge in [-0.2, -0.15) is 0 Å². The molecule has 2 heterocycles. The molecule has 0 spiro atoms. The Bertz CT molecular complexity index is 777. The van der Waals surface area contributed by atoms with Crippen molar-refractivity contribution in [2.24, 2.45) is 0 Å². The number of fused-ring (bicyclic) bond motifs is 1. The zero-order valence-corrected chi connectivity index (χ0v) is 13.0. The molecular formula is C16H18N4OS. The summed E-state index contributed by atoms with van der Waals surface area (Å²) in [7, 11) is 0. The minimum Gasteiger partial charge on any atom is -0.375 e. The molecule has 114 valence electrons. The van der Waals surface area contributed by atoms with Crippen LogP contribution in [0, 0.1) is 0 Å². The van der Waals surface area contributed by atoms with Gasteiger partial charge in [-0.25, -0.2) is 4.98 Å². The third-order valence-corrected chi connectivity index (χ3v) is 4.29. The molecule has 0 atom stereocenters. The number of anilines is 1. The molecule has 0 unspecified atom stereocenters. The summed E-state index contributed by atoms with van der Waals surface area (Å²) in [6.07, 6.45) is 3.90. The summed E-state index contributed by atoms with van der Waals surface area (Å²) in [6.45, 7) is 0.639. The van der Waals surface area contributed by atoms with E-state index in [9.17, 15) is 4.79 Å². The van der Waals surface area contributed by atoms with E-state index < -0.39 is 0 Å². The Balaban J connectivity index is 1.45. The number of nitrogens with two attached hydrogens (primary N) is 1. The van der Waals surface area contributed by atoms with Gasteiger partial charge in [0.25, 0.3) is 0 Å². The first-order valence-electron chi connectivity index (χ1n) is 7.24. The van der Waals surface area contributed by atoms with E-state index in [-0.39, 0.29) is 5.91 Å². The summed E-state index contributed by atoms with van der Waals surface area (Å²) in [4.78, 5) is 19.2. The van der Waals surface area contributed by atoms with E-state index in [0.717, 1.165) is 17.6 Å². The summed E-state index contributed by atoms with van der Waals surface area (Å²) in [5, 5.41) is 6.62. The lowest BCUT2D eigenvalue weighted by atomic mass is 10.1. The highest BCUT2D eigenvalue weighted by atomic mass is 32.1. The predicted molar refractivity (Wildman–Crippen MR) is 89.9 cm³/mol. The Morgan fingerprint density at radius 3 is 3.00 bits per heavy atom. The van der Waals surface area contributed by atoms with E-state index in [2.05, 4.69) is 27.4 Å². The lowest BCUT2D eigenvalue weighted by Gasteiger charge is -2.04. The third-order valence-electron chi connectivity index (χ3n) is 3.57. The lowest BCUT2D eigenvalue weighted by molar-refractivity contribution is -0.121. The number of rotatable bonds is 6. The van der Waals surface area contributed by atoms with Crippen molar-refractivity contribution in [3.63, 3.8) is 0 Å². The van der Waals surface area contributed by atoms with Crippen LogP contribution in [0.3, 0.4) is 0 Å². The second-order valence-electron chi connectivity index (χ2n) is 5.14. The van der Waals surface area contributed by atoms with Crippen LogP contribution < -0.4 is 11.1 Å². The average Bonchev–Trinajstić information content (AvgIpc) is 3.12. The number of nitrogen functional groups attached to an aromatic ring is 1. The van der Waals surface area contributed by atoms with Gasteiger partial charge in [0.15, 0.2) is 5.13 Å². The number of nitrogens with zero attached hydrogens (tertiary/aromatic N) is 1. The second kappa shape index (κ2) is 6.62. The predicted octanol–water partition coefficient (Wildman–Crippen LogP) is 2.50. The van der Waals surface area contributed by atoms with Crippen molar-refractivity contribution in [3.8, 4) is 0 Å². The molecule has 1 amide bonds. The van der Waals surface area contributed by atoms with Crippen molar-refractivity contribution in [1.82, 2.24) is 15.3 Å². The number of aromatic amines is 1. The van der Waals surface area contributed by atoms with Gasteiger partial charge in [-0.3, -0.25) is 4.79 Å². The number of hydrogen-bond donors (Lipinski definition) is 3. The molecule has 0 fully saturated rings. The summed E-state index contributed by atoms with van der Waals surface area (Å²) in [6, 6.07) is 8.18. The van der Waals surface area contributed by atoms with Gasteiger partial charge in [-0.05, 0) is 24.5 Å². The molecule has 2 aromatic heterocycles. The van der Waals surface area contributed by atoms with E-state index in [1.807, 2.05) is 23.7 Å². The Hall–Kier alpha value is -2.34. The fraction of sp³-hybridized carbons (Fsp3) is 0.250. The number of para-hydroxylation sites is 1. The number of hydrogen-bond acceptors (Lipinski definition) is 4. The first-order valence-corrected chi connectivity index (χ1v) is 8.12. The average molecular weight is 314 g/mol. The number of benzene rings is 1. The van der Waals surface area contributed by atoms with Crippen molar-refractivity contribution < 1.29 is 4.79 Å². The first kappa shape index (κ1) is 14.6. The zero-order valence-electron chi connectivity index (χ0n) is 12.1. The van der Waals surface area contributed by atoms with Crippen molar-refractivity contribution in [3.05, 3.63) is 47.1 Å². The topological polar surface area (TPSA) is 83.8 Å². The van der Waals surface area contributed by atoms with Crippen molar-refractivity contribution in [2.45, 2.75) is 19.3 Å². The van der Waals surface area contributed by atoms with Crippen molar-refractivity contribution in [2.75, 3.05) is 12.3 Å². The summed E-state index contributed by atoms with van der Waals surface area (Å²) < 4.78 is 0. The Kier molecular flexibility index (Phi) is 4.39. The molecule has 0 bridgehead atoms. The SMILES string of the molecule is Nc1nc(CCC(=O)NCCc2c[nH]c3ccccc23)cs1. The second-order valence-corrected chi connectivity index (χ2v) is 6.03. The molecule has 0 saturated heterocycles. The van der Waals surface area contributed by atoms with Crippen LogP contribution in [0.2, 0.25) is 0 Å². The number of H-pyrrole nitrogens is 1. The maximum atomic E-state index is 11.8. The van der Waals surface area contributed by atoms with Gasteiger partial charge in [0.2, 0.25) is 5.91 Å². The molecule has 0 saturated carbocycles. The third kappa shape index (κ3) is 3.46. The number of thiazole rings is 1. The van der Waals surface area contributed by atoms with Gasteiger partial charge in [-0.15, -0.1) is 11.3 Å². The van der Waals surface area contributed by atoms with Gasteiger partial charge in [0.05, 0.1) is 5.69 Å². The van der Waals surface area contributed by atoms with E-state index in [1.165, 1.54) is 22.3 Å². The molecule has 5 nitrogen and oxygen atoms in total. The fourth-order valence-electron chi connectivity index (χ4n) is 2.44. The molecule has 0 radical (unpaired) electrons. The van der Waals surface area contributed by atoms with Crippen LogP contribution in [0.25, 0.3) is 10.9 Å². The standard InChI is InChI=1S/C16H18N4OS/c17-16-20-12(10-22-16)5-6-15(21)18-8-7-11-9-19-14-4-2-1-3-13(11)14/h1-4,9-10,19H,5-8H2,(H2,17,20)(H,18,21). The zero-order chi connectivity index (χ0) is 15.4. The van der Waals surface area contributed by atoms with E-state index in [1.54, 1.807) is 0 Å².